The lowest BCUT2D eigenvalue weighted by Gasteiger charge is -2.17. The second-order valence-corrected chi connectivity index (χ2v) is 7.10. The molecule has 1 aromatic heterocycles. The number of nitrogens with zero attached hydrogens (tertiary/aromatic N) is 1. The predicted octanol–water partition coefficient (Wildman–Crippen LogP) is 3.10. The van der Waals surface area contributed by atoms with Crippen LogP contribution in [0.15, 0.2) is 48.7 Å². The molecule has 0 aliphatic rings. The number of pyridine rings is 1. The maximum absolute atomic E-state index is 12.9. The number of aromatic nitrogens is 1. The number of nitrogens with one attached hydrogen (secondary N) is 2. The largest absolute Gasteiger partial charge is 0.398 e. The Hall–Kier alpha value is -3.16. The van der Waals surface area contributed by atoms with Gasteiger partial charge in [-0.1, -0.05) is 6.07 Å². The Morgan fingerprint density at radius 2 is 2.07 bits per heavy atom. The standard InChI is InChI=1S/C22H27N5O2/c1-14(4-2-8-23)26-20-12-16(10-15-5-3-9-25-21(15)20)22(29)27-18-6-7-19(24)17(11-18)13-28/h3,5-7,9-12,14,26,28H,2,4,8,13,23-24H2,1H3,(H,27,29). The Morgan fingerprint density at radius 1 is 1.24 bits per heavy atom. The van der Waals surface area contributed by atoms with Gasteiger partial charge in [0.15, 0.2) is 0 Å². The van der Waals surface area contributed by atoms with Crippen LogP contribution >= 0.6 is 0 Å². The average Bonchev–Trinajstić information content (AvgIpc) is 2.73. The third-order valence-electron chi connectivity index (χ3n) is 4.78. The number of carbonyl (C=O) groups is 1. The van der Waals surface area contributed by atoms with Gasteiger partial charge >= 0.3 is 0 Å². The van der Waals surface area contributed by atoms with Crippen molar-refractivity contribution in [3.05, 3.63) is 59.8 Å². The highest BCUT2D eigenvalue weighted by Gasteiger charge is 2.13. The van der Waals surface area contributed by atoms with Crippen molar-refractivity contribution >= 4 is 33.9 Å². The molecule has 1 heterocycles. The van der Waals surface area contributed by atoms with Crippen molar-refractivity contribution in [3.63, 3.8) is 0 Å². The van der Waals surface area contributed by atoms with Crippen LogP contribution < -0.4 is 22.1 Å². The highest BCUT2D eigenvalue weighted by Crippen LogP contribution is 2.26. The quantitative estimate of drug-likeness (QED) is 0.374. The van der Waals surface area contributed by atoms with Gasteiger partial charge < -0.3 is 27.2 Å². The Bertz CT molecular complexity index is 1010. The maximum atomic E-state index is 12.9. The average molecular weight is 393 g/mol. The molecule has 3 aromatic rings. The number of rotatable bonds is 8. The minimum absolute atomic E-state index is 0.189. The van der Waals surface area contributed by atoms with Crippen molar-refractivity contribution in [3.8, 4) is 0 Å². The first kappa shape index (κ1) is 20.6. The van der Waals surface area contributed by atoms with Crippen LogP contribution in [0.25, 0.3) is 10.9 Å². The number of aliphatic hydroxyl groups excluding tert-OH is 1. The van der Waals surface area contributed by atoms with Crippen LogP contribution in [-0.4, -0.2) is 28.6 Å². The number of amides is 1. The molecule has 0 spiro atoms. The monoisotopic (exact) mass is 393 g/mol. The van der Waals surface area contributed by atoms with Gasteiger partial charge in [0.1, 0.15) is 0 Å². The number of nitrogen functional groups attached to an aromatic ring is 1. The predicted molar refractivity (Wildman–Crippen MR) is 118 cm³/mol. The van der Waals surface area contributed by atoms with E-state index in [0.717, 1.165) is 29.4 Å². The van der Waals surface area contributed by atoms with Gasteiger partial charge in [-0.25, -0.2) is 0 Å². The molecular weight excluding hydrogens is 366 g/mol. The zero-order chi connectivity index (χ0) is 20.8. The fraction of sp³-hybridized carbons (Fsp3) is 0.273. The van der Waals surface area contributed by atoms with E-state index in [1.807, 2.05) is 24.3 Å². The van der Waals surface area contributed by atoms with E-state index in [9.17, 15) is 9.90 Å². The van der Waals surface area contributed by atoms with E-state index < -0.39 is 0 Å². The second kappa shape index (κ2) is 9.36. The van der Waals surface area contributed by atoms with Gasteiger partial charge in [0, 0.05) is 40.1 Å². The molecule has 7 heteroatoms. The molecule has 0 radical (unpaired) electrons. The molecule has 2 aromatic carbocycles. The third kappa shape index (κ3) is 5.01. The van der Waals surface area contributed by atoms with E-state index in [2.05, 4.69) is 22.5 Å². The summed E-state index contributed by atoms with van der Waals surface area (Å²) in [5.74, 6) is -0.248. The van der Waals surface area contributed by atoms with Gasteiger partial charge in [-0.05, 0) is 62.7 Å². The Morgan fingerprint density at radius 3 is 2.83 bits per heavy atom. The van der Waals surface area contributed by atoms with Gasteiger partial charge in [0.2, 0.25) is 0 Å². The van der Waals surface area contributed by atoms with Gasteiger partial charge in [-0.15, -0.1) is 0 Å². The lowest BCUT2D eigenvalue weighted by molar-refractivity contribution is 0.102. The first-order chi connectivity index (χ1) is 14.0. The van der Waals surface area contributed by atoms with E-state index in [1.165, 1.54) is 0 Å². The molecule has 7 nitrogen and oxygen atoms in total. The number of anilines is 3. The number of fused-ring (bicyclic) bond motifs is 1. The van der Waals surface area contributed by atoms with Crippen LogP contribution in [0, 0.1) is 0 Å². The summed E-state index contributed by atoms with van der Waals surface area (Å²) >= 11 is 0. The Balaban J connectivity index is 1.89. The normalized spacial score (nSPS) is 12.0. The topological polar surface area (TPSA) is 126 Å². The third-order valence-corrected chi connectivity index (χ3v) is 4.78. The molecule has 0 saturated heterocycles. The zero-order valence-corrected chi connectivity index (χ0v) is 16.5. The van der Waals surface area contributed by atoms with Crippen LogP contribution in [0.4, 0.5) is 17.1 Å². The van der Waals surface area contributed by atoms with Crippen LogP contribution in [0.2, 0.25) is 0 Å². The number of carbonyl (C=O) groups excluding carboxylic acids is 1. The molecule has 3 rings (SSSR count). The molecule has 0 bridgehead atoms. The molecule has 29 heavy (non-hydrogen) atoms. The lowest BCUT2D eigenvalue weighted by Crippen LogP contribution is -2.18. The molecule has 0 saturated carbocycles. The first-order valence-corrected chi connectivity index (χ1v) is 9.67. The Labute approximate surface area is 170 Å². The maximum Gasteiger partial charge on any atom is 0.255 e. The minimum Gasteiger partial charge on any atom is -0.398 e. The van der Waals surface area contributed by atoms with Crippen LogP contribution in [-0.2, 0) is 6.61 Å². The lowest BCUT2D eigenvalue weighted by atomic mass is 10.1. The summed E-state index contributed by atoms with van der Waals surface area (Å²) in [7, 11) is 0. The van der Waals surface area contributed by atoms with E-state index in [1.54, 1.807) is 24.4 Å². The summed E-state index contributed by atoms with van der Waals surface area (Å²) in [4.78, 5) is 17.4. The molecule has 0 aliphatic heterocycles. The van der Waals surface area contributed by atoms with E-state index in [0.29, 0.717) is 29.0 Å². The number of benzene rings is 2. The second-order valence-electron chi connectivity index (χ2n) is 7.10. The summed E-state index contributed by atoms with van der Waals surface area (Å²) in [5, 5.41) is 16.6. The highest BCUT2D eigenvalue weighted by atomic mass is 16.3. The molecule has 1 atom stereocenters. The van der Waals surface area contributed by atoms with Gasteiger partial charge in [0.25, 0.3) is 5.91 Å². The molecule has 0 fully saturated rings. The fourth-order valence-electron chi connectivity index (χ4n) is 3.22. The van der Waals surface area contributed by atoms with Crippen molar-refractivity contribution in [1.29, 1.82) is 0 Å². The number of nitrogens with two attached hydrogens (primary N) is 2. The molecule has 7 N–H and O–H groups in total. The summed E-state index contributed by atoms with van der Waals surface area (Å²) in [6.45, 7) is 2.54. The summed E-state index contributed by atoms with van der Waals surface area (Å²) < 4.78 is 0. The van der Waals surface area contributed by atoms with Crippen LogP contribution in [0.1, 0.15) is 35.7 Å². The van der Waals surface area contributed by atoms with E-state index in [-0.39, 0.29) is 18.6 Å². The first-order valence-electron chi connectivity index (χ1n) is 9.67. The van der Waals surface area contributed by atoms with E-state index in [4.69, 9.17) is 11.5 Å². The van der Waals surface area contributed by atoms with Crippen molar-refractivity contribution in [1.82, 2.24) is 4.98 Å². The van der Waals surface area contributed by atoms with E-state index >= 15 is 0 Å². The highest BCUT2D eigenvalue weighted by molar-refractivity contribution is 6.08. The van der Waals surface area contributed by atoms with Crippen molar-refractivity contribution in [2.75, 3.05) is 22.9 Å². The molecular formula is C22H27N5O2. The fourth-order valence-corrected chi connectivity index (χ4v) is 3.22. The Kier molecular flexibility index (Phi) is 6.64. The minimum atomic E-state index is -0.248. The summed E-state index contributed by atoms with van der Waals surface area (Å²) in [6.07, 6.45) is 3.59. The SMILES string of the molecule is CC(CCCN)Nc1cc(C(=O)Nc2ccc(N)c(CO)c2)cc2cccnc12. The van der Waals surface area contributed by atoms with Crippen molar-refractivity contribution in [2.24, 2.45) is 5.73 Å². The smallest absolute Gasteiger partial charge is 0.255 e. The van der Waals surface area contributed by atoms with Crippen molar-refractivity contribution in [2.45, 2.75) is 32.4 Å². The molecule has 1 amide bonds. The summed E-state index contributed by atoms with van der Waals surface area (Å²) in [5.41, 5.74) is 15.2. The summed E-state index contributed by atoms with van der Waals surface area (Å²) in [6, 6.07) is 12.7. The van der Waals surface area contributed by atoms with Gasteiger partial charge in [0.05, 0.1) is 17.8 Å². The number of hydrogen-bond acceptors (Lipinski definition) is 6. The molecule has 152 valence electrons. The van der Waals surface area contributed by atoms with Crippen LogP contribution in [0.5, 0.6) is 0 Å². The zero-order valence-electron chi connectivity index (χ0n) is 16.5. The number of aliphatic hydroxyl groups is 1. The molecule has 0 aliphatic carbocycles. The van der Waals surface area contributed by atoms with Crippen LogP contribution in [0.3, 0.4) is 0 Å². The van der Waals surface area contributed by atoms with Crippen molar-refractivity contribution < 1.29 is 9.90 Å². The van der Waals surface area contributed by atoms with Gasteiger partial charge in [-0.2, -0.15) is 0 Å². The molecule has 1 unspecified atom stereocenters. The van der Waals surface area contributed by atoms with Gasteiger partial charge in [-0.3, -0.25) is 9.78 Å². The number of hydrogen-bond donors (Lipinski definition) is 5.